The number of hydrogen-bond donors (Lipinski definition) is 1. The van der Waals surface area contributed by atoms with Gasteiger partial charge in [-0.1, -0.05) is 30.3 Å². The van der Waals surface area contributed by atoms with E-state index in [-0.39, 0.29) is 18.3 Å². The van der Waals surface area contributed by atoms with Crippen LogP contribution in [-0.4, -0.2) is 39.6 Å². The molecular weight excluding hydrogens is 434 g/mol. The van der Waals surface area contributed by atoms with Gasteiger partial charge in [0.25, 0.3) is 5.91 Å². The summed E-state index contributed by atoms with van der Waals surface area (Å²) in [7, 11) is 4.55. The van der Waals surface area contributed by atoms with Crippen molar-refractivity contribution in [3.05, 3.63) is 83.4 Å². The van der Waals surface area contributed by atoms with Crippen LogP contribution in [-0.2, 0) is 4.79 Å². The standard InChI is InChI=1S/C27H27NO6/c1-18-7-5-6-8-22(18)28-27(30)17-34-25-13-10-19(15-26(25)33-4)9-12-23(29)21-16-20(31-2)11-14-24(21)32-3/h5-16H,17H2,1-4H3,(H,28,30)/b12-9+. The second-order valence-electron chi connectivity index (χ2n) is 7.33. The normalized spacial score (nSPS) is 10.6. The number of methoxy groups -OCH3 is 3. The summed E-state index contributed by atoms with van der Waals surface area (Å²) in [5.74, 6) is 1.37. The van der Waals surface area contributed by atoms with E-state index >= 15 is 0 Å². The van der Waals surface area contributed by atoms with Gasteiger partial charge in [0.1, 0.15) is 11.5 Å². The van der Waals surface area contributed by atoms with E-state index in [1.54, 1.807) is 42.5 Å². The van der Waals surface area contributed by atoms with E-state index in [1.165, 1.54) is 27.4 Å². The molecule has 0 aliphatic heterocycles. The van der Waals surface area contributed by atoms with Crippen molar-refractivity contribution in [1.82, 2.24) is 0 Å². The molecule has 3 aromatic carbocycles. The fourth-order valence-corrected chi connectivity index (χ4v) is 3.22. The third-order valence-corrected chi connectivity index (χ3v) is 5.06. The van der Waals surface area contributed by atoms with Crippen LogP contribution in [0.3, 0.4) is 0 Å². The number of ketones is 1. The Bertz CT molecular complexity index is 1200. The van der Waals surface area contributed by atoms with E-state index < -0.39 is 0 Å². The third kappa shape index (κ3) is 6.16. The number of ether oxygens (including phenoxy) is 4. The van der Waals surface area contributed by atoms with Gasteiger partial charge in [-0.25, -0.2) is 0 Å². The summed E-state index contributed by atoms with van der Waals surface area (Å²) >= 11 is 0. The fraction of sp³-hybridized carbons (Fsp3) is 0.185. The molecule has 0 spiro atoms. The molecular formula is C27H27NO6. The molecule has 0 saturated carbocycles. The quantitative estimate of drug-likeness (QED) is 0.340. The zero-order valence-corrected chi connectivity index (χ0v) is 19.6. The second kappa shape index (κ2) is 11.6. The van der Waals surface area contributed by atoms with Crippen LogP contribution in [0.1, 0.15) is 21.5 Å². The van der Waals surface area contributed by atoms with Crippen molar-refractivity contribution < 1.29 is 28.5 Å². The van der Waals surface area contributed by atoms with Gasteiger partial charge in [0.2, 0.25) is 0 Å². The van der Waals surface area contributed by atoms with Crippen molar-refractivity contribution in [2.24, 2.45) is 0 Å². The van der Waals surface area contributed by atoms with Crippen LogP contribution >= 0.6 is 0 Å². The van der Waals surface area contributed by atoms with E-state index in [9.17, 15) is 9.59 Å². The van der Waals surface area contributed by atoms with Crippen molar-refractivity contribution in [2.75, 3.05) is 33.3 Å². The second-order valence-corrected chi connectivity index (χ2v) is 7.33. The molecule has 0 bridgehead atoms. The highest BCUT2D eigenvalue weighted by molar-refractivity contribution is 6.09. The predicted octanol–water partition coefficient (Wildman–Crippen LogP) is 4.93. The summed E-state index contributed by atoms with van der Waals surface area (Å²) in [6.45, 7) is 1.74. The minimum atomic E-state index is -0.279. The molecule has 1 N–H and O–H groups in total. The van der Waals surface area contributed by atoms with Crippen molar-refractivity contribution in [2.45, 2.75) is 6.92 Å². The Morgan fingerprint density at radius 1 is 0.853 bits per heavy atom. The Morgan fingerprint density at radius 2 is 1.59 bits per heavy atom. The van der Waals surface area contributed by atoms with Crippen LogP contribution in [0.25, 0.3) is 6.08 Å². The summed E-state index contributed by atoms with van der Waals surface area (Å²) in [4.78, 5) is 25.0. The number of rotatable bonds is 10. The van der Waals surface area contributed by atoms with Gasteiger partial charge in [-0.05, 0) is 60.5 Å². The average molecular weight is 462 g/mol. The zero-order chi connectivity index (χ0) is 24.5. The van der Waals surface area contributed by atoms with Crippen LogP contribution < -0.4 is 24.3 Å². The summed E-state index contributed by atoms with van der Waals surface area (Å²) in [5, 5.41) is 2.82. The average Bonchev–Trinajstić information content (AvgIpc) is 2.87. The van der Waals surface area contributed by atoms with E-state index in [0.29, 0.717) is 28.6 Å². The maximum absolute atomic E-state index is 12.7. The van der Waals surface area contributed by atoms with Crippen molar-refractivity contribution in [3.63, 3.8) is 0 Å². The SMILES string of the molecule is COc1ccc(OC)c(C(=O)/C=C/c2ccc(OCC(=O)Nc3ccccc3C)c(OC)c2)c1. The van der Waals surface area contributed by atoms with Gasteiger partial charge in [0, 0.05) is 5.69 Å². The fourth-order valence-electron chi connectivity index (χ4n) is 3.22. The Hall–Kier alpha value is -4.26. The van der Waals surface area contributed by atoms with Crippen molar-refractivity contribution in [1.29, 1.82) is 0 Å². The molecule has 0 aliphatic rings. The smallest absolute Gasteiger partial charge is 0.262 e. The lowest BCUT2D eigenvalue weighted by Crippen LogP contribution is -2.20. The Morgan fingerprint density at radius 3 is 2.29 bits per heavy atom. The topological polar surface area (TPSA) is 83.1 Å². The lowest BCUT2D eigenvalue weighted by atomic mass is 10.1. The number of nitrogens with one attached hydrogen (secondary N) is 1. The van der Waals surface area contributed by atoms with Gasteiger partial charge in [-0.3, -0.25) is 9.59 Å². The number of carbonyl (C=O) groups excluding carboxylic acids is 2. The van der Waals surface area contributed by atoms with Crippen molar-refractivity contribution >= 4 is 23.5 Å². The molecule has 0 aliphatic carbocycles. The molecule has 1 amide bonds. The molecule has 0 fully saturated rings. The van der Waals surface area contributed by atoms with Crippen LogP contribution in [0.4, 0.5) is 5.69 Å². The monoisotopic (exact) mass is 461 g/mol. The molecule has 0 aromatic heterocycles. The summed E-state index contributed by atoms with van der Waals surface area (Å²) < 4.78 is 21.5. The van der Waals surface area contributed by atoms with E-state index in [0.717, 1.165) is 16.8 Å². The zero-order valence-electron chi connectivity index (χ0n) is 19.6. The highest BCUT2D eigenvalue weighted by Crippen LogP contribution is 2.29. The van der Waals surface area contributed by atoms with Gasteiger partial charge in [0.15, 0.2) is 23.9 Å². The minimum absolute atomic E-state index is 0.173. The largest absolute Gasteiger partial charge is 0.497 e. The molecule has 0 heterocycles. The van der Waals surface area contributed by atoms with E-state index in [1.807, 2.05) is 31.2 Å². The number of allylic oxidation sites excluding steroid dienone is 1. The lowest BCUT2D eigenvalue weighted by molar-refractivity contribution is -0.118. The van der Waals surface area contributed by atoms with Crippen LogP contribution in [0, 0.1) is 6.92 Å². The number of carbonyl (C=O) groups is 2. The number of aryl methyl sites for hydroxylation is 1. The molecule has 34 heavy (non-hydrogen) atoms. The first-order chi connectivity index (χ1) is 16.4. The summed E-state index contributed by atoms with van der Waals surface area (Å²) in [6.07, 6.45) is 3.11. The van der Waals surface area contributed by atoms with Crippen LogP contribution in [0.15, 0.2) is 66.7 Å². The van der Waals surface area contributed by atoms with Gasteiger partial charge in [-0.15, -0.1) is 0 Å². The first-order valence-corrected chi connectivity index (χ1v) is 10.6. The van der Waals surface area contributed by atoms with Gasteiger partial charge >= 0.3 is 0 Å². The Labute approximate surface area is 198 Å². The first-order valence-electron chi connectivity index (χ1n) is 10.6. The number of amides is 1. The number of benzene rings is 3. The van der Waals surface area contributed by atoms with Crippen molar-refractivity contribution in [3.8, 4) is 23.0 Å². The number of para-hydroxylation sites is 1. The van der Waals surface area contributed by atoms with E-state index in [4.69, 9.17) is 18.9 Å². The van der Waals surface area contributed by atoms with Crippen LogP contribution in [0.2, 0.25) is 0 Å². The lowest BCUT2D eigenvalue weighted by Gasteiger charge is -2.12. The maximum Gasteiger partial charge on any atom is 0.262 e. The summed E-state index contributed by atoms with van der Waals surface area (Å²) in [6, 6.07) is 17.7. The number of hydrogen-bond acceptors (Lipinski definition) is 6. The first kappa shape index (κ1) is 24.4. The Kier molecular flexibility index (Phi) is 8.29. The summed E-state index contributed by atoms with van der Waals surface area (Å²) in [5.41, 5.74) is 2.82. The van der Waals surface area contributed by atoms with Gasteiger partial charge in [-0.2, -0.15) is 0 Å². The molecule has 0 atom stereocenters. The molecule has 0 saturated heterocycles. The molecule has 7 heteroatoms. The molecule has 3 rings (SSSR count). The predicted molar refractivity (Wildman–Crippen MR) is 131 cm³/mol. The van der Waals surface area contributed by atoms with E-state index in [2.05, 4.69) is 5.32 Å². The van der Waals surface area contributed by atoms with Gasteiger partial charge < -0.3 is 24.3 Å². The minimum Gasteiger partial charge on any atom is -0.497 e. The van der Waals surface area contributed by atoms with Gasteiger partial charge in [0.05, 0.1) is 26.9 Å². The highest BCUT2D eigenvalue weighted by Gasteiger charge is 2.12. The maximum atomic E-state index is 12.7. The highest BCUT2D eigenvalue weighted by atomic mass is 16.5. The molecule has 176 valence electrons. The van der Waals surface area contributed by atoms with Crippen LogP contribution in [0.5, 0.6) is 23.0 Å². The Balaban J connectivity index is 1.68. The molecule has 7 nitrogen and oxygen atoms in total. The molecule has 0 unspecified atom stereocenters. The third-order valence-electron chi connectivity index (χ3n) is 5.06. The number of anilines is 1. The molecule has 3 aromatic rings. The molecule has 0 radical (unpaired) electrons.